The topological polar surface area (TPSA) is 48.0 Å². The number of fused-ring (bicyclic) bond motifs is 1. The molecule has 0 saturated heterocycles. The molecule has 0 radical (unpaired) electrons. The van der Waals surface area contributed by atoms with Crippen LogP contribution < -0.4 is 9.47 Å². The van der Waals surface area contributed by atoms with Gasteiger partial charge in [-0.15, -0.1) is 0 Å². The van der Waals surface area contributed by atoms with Gasteiger partial charge in [-0.3, -0.25) is 4.79 Å². The number of benzene rings is 1. The molecule has 0 aromatic heterocycles. The first-order valence-electron chi connectivity index (χ1n) is 10.8. The van der Waals surface area contributed by atoms with Crippen molar-refractivity contribution in [3.05, 3.63) is 35.4 Å². The lowest BCUT2D eigenvalue weighted by atomic mass is 9.45. The number of Topliss-reactive ketones (excluding diaryl/α,β-unsaturated/α-hetero) is 1. The molecule has 3 unspecified atom stereocenters. The van der Waals surface area contributed by atoms with E-state index in [4.69, 9.17) is 14.2 Å². The van der Waals surface area contributed by atoms with Crippen LogP contribution in [-0.2, 0) is 16.0 Å². The van der Waals surface area contributed by atoms with Gasteiger partial charge < -0.3 is 19.1 Å². The minimum Gasteiger partial charge on any atom is -0.493 e. The zero-order valence-electron chi connectivity index (χ0n) is 18.0. The molecule has 1 aromatic rings. The molecule has 156 valence electrons. The number of methoxy groups -OCH3 is 2. The fraction of sp³-hybridized carbons (Fsp3) is 0.625. The highest BCUT2D eigenvalue weighted by molar-refractivity contribution is 5.82. The number of likely N-dealkylation sites (N-methyl/N-ethyl adjacent to an activating group) is 1. The minimum absolute atomic E-state index is 0.129. The van der Waals surface area contributed by atoms with Crippen LogP contribution in [0.1, 0.15) is 43.7 Å². The molecule has 1 aliphatic heterocycles. The first kappa shape index (κ1) is 19.1. The second-order valence-corrected chi connectivity index (χ2v) is 9.26. The van der Waals surface area contributed by atoms with Crippen molar-refractivity contribution in [1.29, 1.82) is 0 Å². The SMILES string of the molecule is CCCN(C)[C@@H]1Cc2ccc(OC)c3c2C2C(O3)[C@]3(OC)C=CC21C[C@@H]3C(C)=O. The number of carbonyl (C=O) groups is 1. The van der Waals surface area contributed by atoms with E-state index in [0.717, 1.165) is 37.3 Å². The molecule has 5 nitrogen and oxygen atoms in total. The zero-order chi connectivity index (χ0) is 20.6. The molecule has 6 atom stereocenters. The predicted octanol–water partition coefficient (Wildman–Crippen LogP) is 3.36. The third-order valence-corrected chi connectivity index (χ3v) is 8.10. The molecule has 2 bridgehead atoms. The Labute approximate surface area is 173 Å². The van der Waals surface area contributed by atoms with E-state index >= 15 is 0 Å². The molecule has 1 fully saturated rings. The summed E-state index contributed by atoms with van der Waals surface area (Å²) in [6.45, 7) is 4.96. The van der Waals surface area contributed by atoms with E-state index in [2.05, 4.69) is 37.1 Å². The van der Waals surface area contributed by atoms with E-state index in [1.165, 1.54) is 11.1 Å². The maximum Gasteiger partial charge on any atom is 0.165 e. The lowest BCUT2D eigenvalue weighted by Crippen LogP contribution is -2.69. The average molecular weight is 398 g/mol. The van der Waals surface area contributed by atoms with E-state index < -0.39 is 5.60 Å². The minimum atomic E-state index is -0.717. The van der Waals surface area contributed by atoms with Crippen LogP contribution in [0, 0.1) is 11.3 Å². The first-order chi connectivity index (χ1) is 13.9. The number of ether oxygens (including phenoxy) is 3. The van der Waals surface area contributed by atoms with E-state index in [9.17, 15) is 4.79 Å². The molecule has 0 N–H and O–H groups in total. The number of hydrogen-bond acceptors (Lipinski definition) is 5. The highest BCUT2D eigenvalue weighted by Crippen LogP contribution is 2.69. The first-order valence-corrected chi connectivity index (χ1v) is 10.8. The Morgan fingerprint density at radius 2 is 2.10 bits per heavy atom. The van der Waals surface area contributed by atoms with E-state index in [1.54, 1.807) is 21.1 Å². The molecule has 5 aliphatic rings. The van der Waals surface area contributed by atoms with Crippen LogP contribution in [-0.4, -0.2) is 56.2 Å². The number of rotatable bonds is 6. The van der Waals surface area contributed by atoms with Crippen molar-refractivity contribution in [2.24, 2.45) is 11.3 Å². The largest absolute Gasteiger partial charge is 0.493 e. The summed E-state index contributed by atoms with van der Waals surface area (Å²) in [4.78, 5) is 15.3. The van der Waals surface area contributed by atoms with Crippen molar-refractivity contribution in [1.82, 2.24) is 4.90 Å². The van der Waals surface area contributed by atoms with Gasteiger partial charge in [0, 0.05) is 30.0 Å². The molecule has 0 amide bonds. The van der Waals surface area contributed by atoms with Crippen molar-refractivity contribution in [2.45, 2.75) is 56.8 Å². The summed E-state index contributed by atoms with van der Waals surface area (Å²) in [5.41, 5.74) is 1.78. The lowest BCUT2D eigenvalue weighted by molar-refractivity contribution is -0.174. The molecule has 1 spiro atoms. The molecule has 6 rings (SSSR count). The summed E-state index contributed by atoms with van der Waals surface area (Å²) < 4.78 is 18.4. The highest BCUT2D eigenvalue weighted by atomic mass is 16.6. The molecular weight excluding hydrogens is 366 g/mol. The second kappa shape index (κ2) is 6.32. The number of carbonyl (C=O) groups excluding carboxylic acids is 1. The molecule has 1 saturated carbocycles. The fourth-order valence-corrected chi connectivity index (χ4v) is 6.89. The molecule has 1 heterocycles. The number of hydrogen-bond donors (Lipinski definition) is 0. The third kappa shape index (κ3) is 2.21. The standard InChI is InChI=1S/C24H31NO4/c1-6-11-25(3)18-12-15-7-8-17(27-4)21-19(15)20-22(29-21)24(28-5)10-9-23(18,20)13-16(24)14(2)26/h7-10,16,18,20,22H,6,11-13H2,1-5H3/t16-,18-,20?,22?,23?,24+/m1/s1. The van der Waals surface area contributed by atoms with E-state index in [-0.39, 0.29) is 29.1 Å². The van der Waals surface area contributed by atoms with Gasteiger partial charge in [-0.25, -0.2) is 0 Å². The Morgan fingerprint density at radius 1 is 1.31 bits per heavy atom. The van der Waals surface area contributed by atoms with Crippen molar-refractivity contribution in [3.8, 4) is 11.5 Å². The summed E-state index contributed by atoms with van der Waals surface area (Å²) in [5, 5.41) is 0. The van der Waals surface area contributed by atoms with Gasteiger partial charge in [0.15, 0.2) is 11.5 Å². The van der Waals surface area contributed by atoms with Crippen LogP contribution in [0.2, 0.25) is 0 Å². The van der Waals surface area contributed by atoms with Crippen molar-refractivity contribution in [3.63, 3.8) is 0 Å². The highest BCUT2D eigenvalue weighted by Gasteiger charge is 2.71. The smallest absolute Gasteiger partial charge is 0.165 e. The van der Waals surface area contributed by atoms with Gasteiger partial charge in [0.25, 0.3) is 0 Å². The number of nitrogens with zero attached hydrogens (tertiary/aromatic N) is 1. The van der Waals surface area contributed by atoms with Gasteiger partial charge in [0.1, 0.15) is 17.5 Å². The van der Waals surface area contributed by atoms with Crippen molar-refractivity contribution >= 4 is 5.78 Å². The third-order valence-electron chi connectivity index (χ3n) is 8.10. The van der Waals surface area contributed by atoms with Crippen molar-refractivity contribution in [2.75, 3.05) is 27.8 Å². The van der Waals surface area contributed by atoms with E-state index in [0.29, 0.717) is 6.04 Å². The van der Waals surface area contributed by atoms with Gasteiger partial charge in [-0.05, 0) is 51.4 Å². The molecule has 5 heteroatoms. The summed E-state index contributed by atoms with van der Waals surface area (Å²) in [5.74, 6) is 1.80. The Morgan fingerprint density at radius 3 is 2.76 bits per heavy atom. The Kier molecular flexibility index (Phi) is 4.17. The molecular formula is C24H31NO4. The van der Waals surface area contributed by atoms with E-state index in [1.807, 2.05) is 6.07 Å². The van der Waals surface area contributed by atoms with Gasteiger partial charge >= 0.3 is 0 Å². The zero-order valence-corrected chi connectivity index (χ0v) is 18.0. The summed E-state index contributed by atoms with van der Waals surface area (Å²) in [6.07, 6.45) is 7.20. The van der Waals surface area contributed by atoms with Crippen LogP contribution in [0.15, 0.2) is 24.3 Å². The van der Waals surface area contributed by atoms with Gasteiger partial charge in [-0.2, -0.15) is 0 Å². The second-order valence-electron chi connectivity index (χ2n) is 9.26. The monoisotopic (exact) mass is 397 g/mol. The lowest BCUT2D eigenvalue weighted by Gasteiger charge is -2.62. The molecule has 1 aromatic carbocycles. The van der Waals surface area contributed by atoms with Gasteiger partial charge in [0.2, 0.25) is 0 Å². The number of ketones is 1. The van der Waals surface area contributed by atoms with Crippen LogP contribution in [0.25, 0.3) is 0 Å². The van der Waals surface area contributed by atoms with Gasteiger partial charge in [0.05, 0.1) is 13.0 Å². The van der Waals surface area contributed by atoms with Gasteiger partial charge in [-0.1, -0.05) is 25.1 Å². The maximum absolute atomic E-state index is 12.8. The Bertz CT molecular complexity index is 895. The summed E-state index contributed by atoms with van der Waals surface area (Å²) in [7, 11) is 5.64. The van der Waals surface area contributed by atoms with Crippen LogP contribution in [0.5, 0.6) is 11.5 Å². The van der Waals surface area contributed by atoms with Crippen LogP contribution in [0.4, 0.5) is 0 Å². The Hall–Kier alpha value is -1.85. The summed E-state index contributed by atoms with van der Waals surface area (Å²) >= 11 is 0. The average Bonchev–Trinajstić information content (AvgIpc) is 3.15. The van der Waals surface area contributed by atoms with Crippen molar-refractivity contribution < 1.29 is 19.0 Å². The van der Waals surface area contributed by atoms with Crippen LogP contribution >= 0.6 is 0 Å². The van der Waals surface area contributed by atoms with Crippen LogP contribution in [0.3, 0.4) is 0 Å². The normalized spacial score (nSPS) is 38.1. The summed E-state index contributed by atoms with van der Waals surface area (Å²) in [6, 6.07) is 4.56. The predicted molar refractivity (Wildman–Crippen MR) is 111 cm³/mol. The quantitative estimate of drug-likeness (QED) is 0.689. The maximum atomic E-state index is 12.8. The molecule has 4 aliphatic carbocycles. The Balaban J connectivity index is 1.76. The fourth-order valence-electron chi connectivity index (χ4n) is 6.89. The molecule has 29 heavy (non-hydrogen) atoms.